The van der Waals surface area contributed by atoms with Gasteiger partial charge < -0.3 is 25.0 Å². The number of hydrogen-bond acceptors (Lipinski definition) is 6. The Hall–Kier alpha value is -3.10. The van der Waals surface area contributed by atoms with Crippen molar-refractivity contribution in [3.05, 3.63) is 35.9 Å². The molecule has 2 N–H and O–H groups in total. The van der Waals surface area contributed by atoms with E-state index in [1.54, 1.807) is 27.7 Å². The van der Waals surface area contributed by atoms with E-state index in [4.69, 9.17) is 9.47 Å². The van der Waals surface area contributed by atoms with Crippen LogP contribution in [0.4, 0.5) is 4.79 Å². The Labute approximate surface area is 188 Å². The zero-order chi connectivity index (χ0) is 23.9. The summed E-state index contributed by atoms with van der Waals surface area (Å²) in [6.07, 6.45) is 0.463. The predicted molar refractivity (Wildman–Crippen MR) is 117 cm³/mol. The first kappa shape index (κ1) is 25.2. The number of ether oxygens (including phenoxy) is 2. The van der Waals surface area contributed by atoms with Crippen LogP contribution in [0.15, 0.2) is 30.3 Å². The van der Waals surface area contributed by atoms with Gasteiger partial charge in [0.2, 0.25) is 11.8 Å². The van der Waals surface area contributed by atoms with Gasteiger partial charge in [0.1, 0.15) is 30.3 Å². The number of benzene rings is 1. The van der Waals surface area contributed by atoms with Gasteiger partial charge in [0, 0.05) is 6.54 Å². The molecule has 0 radical (unpaired) electrons. The molecule has 2 rings (SSSR count). The molecule has 3 amide bonds. The lowest BCUT2D eigenvalue weighted by Gasteiger charge is -2.27. The number of esters is 1. The number of hydrogen-bond donors (Lipinski definition) is 2. The Balaban J connectivity index is 1.87. The van der Waals surface area contributed by atoms with Crippen molar-refractivity contribution >= 4 is 23.9 Å². The molecule has 1 aliphatic heterocycles. The minimum absolute atomic E-state index is 0.137. The van der Waals surface area contributed by atoms with Gasteiger partial charge >= 0.3 is 12.1 Å². The largest absolute Gasteiger partial charge is 0.459 e. The molecule has 1 aliphatic rings. The van der Waals surface area contributed by atoms with Crippen molar-refractivity contribution in [2.75, 3.05) is 6.54 Å². The molecule has 9 nitrogen and oxygen atoms in total. The second-order valence-electron chi connectivity index (χ2n) is 8.88. The Bertz CT molecular complexity index is 821. The highest BCUT2D eigenvalue weighted by Gasteiger charge is 2.37. The minimum atomic E-state index is -0.898. The van der Waals surface area contributed by atoms with Crippen molar-refractivity contribution in [2.24, 2.45) is 0 Å². The third-order valence-electron chi connectivity index (χ3n) is 4.89. The topological polar surface area (TPSA) is 114 Å². The van der Waals surface area contributed by atoms with Gasteiger partial charge in [0.25, 0.3) is 0 Å². The number of nitrogens with one attached hydrogen (secondary N) is 2. The molecule has 3 atom stereocenters. The van der Waals surface area contributed by atoms with Crippen molar-refractivity contribution in [1.82, 2.24) is 15.5 Å². The highest BCUT2D eigenvalue weighted by atomic mass is 16.6. The fourth-order valence-corrected chi connectivity index (χ4v) is 3.30. The van der Waals surface area contributed by atoms with Crippen LogP contribution in [0.2, 0.25) is 0 Å². The molecule has 1 aromatic carbocycles. The lowest BCUT2D eigenvalue weighted by atomic mass is 10.2. The standard InChI is InChI=1S/C23H33N3O6/c1-15(25-22(30)32-23(3,4)5)19(27)24-16(2)20(28)26-13-9-12-18(26)21(29)31-14-17-10-7-6-8-11-17/h6-8,10-11,15-16,18H,9,12-14H2,1-5H3,(H,24,27)(H,25,30). The van der Waals surface area contributed by atoms with E-state index in [-0.39, 0.29) is 12.5 Å². The van der Waals surface area contributed by atoms with Crippen LogP contribution in [0.5, 0.6) is 0 Å². The lowest BCUT2D eigenvalue weighted by Crippen LogP contribution is -2.54. The quantitative estimate of drug-likeness (QED) is 0.619. The molecule has 9 heteroatoms. The zero-order valence-corrected chi connectivity index (χ0v) is 19.3. The smallest absolute Gasteiger partial charge is 0.408 e. The molecule has 0 bridgehead atoms. The highest BCUT2D eigenvalue weighted by molar-refractivity contribution is 5.93. The second-order valence-corrected chi connectivity index (χ2v) is 8.88. The first-order valence-corrected chi connectivity index (χ1v) is 10.8. The van der Waals surface area contributed by atoms with E-state index in [0.29, 0.717) is 19.4 Å². The first-order valence-electron chi connectivity index (χ1n) is 10.8. The molecule has 0 aliphatic carbocycles. The third kappa shape index (κ3) is 7.55. The average Bonchev–Trinajstić information content (AvgIpc) is 3.20. The summed E-state index contributed by atoms with van der Waals surface area (Å²) in [5.74, 6) is -1.36. The number of carbonyl (C=O) groups is 4. The van der Waals surface area contributed by atoms with E-state index in [2.05, 4.69) is 10.6 Å². The number of rotatable bonds is 7. The van der Waals surface area contributed by atoms with Gasteiger partial charge in [-0.2, -0.15) is 0 Å². The van der Waals surface area contributed by atoms with Crippen LogP contribution >= 0.6 is 0 Å². The fourth-order valence-electron chi connectivity index (χ4n) is 3.30. The third-order valence-corrected chi connectivity index (χ3v) is 4.89. The summed E-state index contributed by atoms with van der Waals surface area (Å²) < 4.78 is 10.5. The van der Waals surface area contributed by atoms with Gasteiger partial charge in [-0.15, -0.1) is 0 Å². The first-order chi connectivity index (χ1) is 15.0. The maximum atomic E-state index is 12.9. The predicted octanol–water partition coefficient (Wildman–Crippen LogP) is 2.14. The van der Waals surface area contributed by atoms with Crippen molar-refractivity contribution in [3.8, 4) is 0 Å². The van der Waals surface area contributed by atoms with Crippen LogP contribution in [0.3, 0.4) is 0 Å². The van der Waals surface area contributed by atoms with Gasteiger partial charge in [-0.1, -0.05) is 30.3 Å². The molecule has 1 saturated heterocycles. The molecule has 1 heterocycles. The number of carbonyl (C=O) groups excluding carboxylic acids is 4. The number of amides is 3. The molecule has 1 aromatic rings. The van der Waals surface area contributed by atoms with E-state index in [9.17, 15) is 19.2 Å². The van der Waals surface area contributed by atoms with E-state index in [0.717, 1.165) is 5.56 Å². The summed E-state index contributed by atoms with van der Waals surface area (Å²) in [6, 6.07) is 6.86. The Morgan fingerprint density at radius 3 is 2.34 bits per heavy atom. The lowest BCUT2D eigenvalue weighted by molar-refractivity contribution is -0.155. The van der Waals surface area contributed by atoms with Crippen molar-refractivity contribution < 1.29 is 28.7 Å². The van der Waals surface area contributed by atoms with Crippen LogP contribution in [0, 0.1) is 0 Å². The monoisotopic (exact) mass is 447 g/mol. The molecular formula is C23H33N3O6. The summed E-state index contributed by atoms with van der Waals surface area (Å²) in [4.78, 5) is 51.1. The van der Waals surface area contributed by atoms with Gasteiger partial charge in [0.05, 0.1) is 0 Å². The Kier molecular flexibility index (Phi) is 8.63. The molecule has 32 heavy (non-hydrogen) atoms. The zero-order valence-electron chi connectivity index (χ0n) is 19.3. The van der Waals surface area contributed by atoms with Gasteiger partial charge in [-0.3, -0.25) is 9.59 Å². The number of likely N-dealkylation sites (tertiary alicyclic amines) is 1. The molecule has 3 unspecified atom stereocenters. The van der Waals surface area contributed by atoms with Gasteiger partial charge in [-0.05, 0) is 53.0 Å². The molecule has 0 aromatic heterocycles. The van der Waals surface area contributed by atoms with E-state index in [1.165, 1.54) is 11.8 Å². The summed E-state index contributed by atoms with van der Waals surface area (Å²) in [6.45, 7) is 8.75. The molecule has 0 saturated carbocycles. The highest BCUT2D eigenvalue weighted by Crippen LogP contribution is 2.20. The summed E-state index contributed by atoms with van der Waals surface area (Å²) in [7, 11) is 0. The van der Waals surface area contributed by atoms with E-state index in [1.807, 2.05) is 30.3 Å². The van der Waals surface area contributed by atoms with Crippen LogP contribution in [0.25, 0.3) is 0 Å². The SMILES string of the molecule is CC(NC(=O)OC(C)(C)C)C(=O)NC(C)C(=O)N1CCCC1C(=O)OCc1ccccc1. The maximum Gasteiger partial charge on any atom is 0.408 e. The molecule has 1 fully saturated rings. The molecule has 0 spiro atoms. The van der Waals surface area contributed by atoms with Crippen LogP contribution in [-0.2, 0) is 30.5 Å². The van der Waals surface area contributed by atoms with Crippen LogP contribution < -0.4 is 10.6 Å². The van der Waals surface area contributed by atoms with Gasteiger partial charge in [0.15, 0.2) is 0 Å². The average molecular weight is 448 g/mol. The van der Waals surface area contributed by atoms with E-state index < -0.39 is 41.7 Å². The summed E-state index contributed by atoms with van der Waals surface area (Å²) >= 11 is 0. The maximum absolute atomic E-state index is 12.9. The van der Waals surface area contributed by atoms with E-state index >= 15 is 0 Å². The van der Waals surface area contributed by atoms with Crippen LogP contribution in [0.1, 0.15) is 53.0 Å². The second kappa shape index (κ2) is 11.0. The summed E-state index contributed by atoms with van der Waals surface area (Å²) in [5, 5.41) is 5.03. The summed E-state index contributed by atoms with van der Waals surface area (Å²) in [5.41, 5.74) is 0.174. The Morgan fingerprint density at radius 1 is 1.06 bits per heavy atom. The Morgan fingerprint density at radius 2 is 1.72 bits per heavy atom. The fraction of sp³-hybridized carbons (Fsp3) is 0.565. The van der Waals surface area contributed by atoms with Crippen molar-refractivity contribution in [1.29, 1.82) is 0 Å². The van der Waals surface area contributed by atoms with Crippen molar-refractivity contribution in [3.63, 3.8) is 0 Å². The minimum Gasteiger partial charge on any atom is -0.459 e. The molecular weight excluding hydrogens is 414 g/mol. The molecule has 176 valence electrons. The number of nitrogens with zero attached hydrogens (tertiary/aromatic N) is 1. The number of alkyl carbamates (subject to hydrolysis) is 1. The van der Waals surface area contributed by atoms with Crippen molar-refractivity contribution in [2.45, 2.75) is 77.8 Å². The van der Waals surface area contributed by atoms with Crippen LogP contribution in [-0.4, -0.2) is 59.0 Å². The van der Waals surface area contributed by atoms with Gasteiger partial charge in [-0.25, -0.2) is 9.59 Å². The normalized spacial score (nSPS) is 17.8.